The smallest absolute Gasteiger partial charge is 0.240 e. The van der Waals surface area contributed by atoms with Crippen LogP contribution in [0.2, 0.25) is 0 Å². The molecule has 9 heteroatoms. The number of hydrogen-bond acceptors (Lipinski definition) is 7. The third-order valence-corrected chi connectivity index (χ3v) is 4.46. The quantitative estimate of drug-likeness (QED) is 0.401. The first kappa shape index (κ1) is 16.4. The fraction of sp³-hybridized carbons (Fsp3) is 0.400. The summed E-state index contributed by atoms with van der Waals surface area (Å²) < 4.78 is 0. The van der Waals surface area contributed by atoms with Crippen molar-refractivity contribution < 1.29 is 4.79 Å². The van der Waals surface area contributed by atoms with Crippen LogP contribution >= 0.6 is 11.8 Å². The van der Waals surface area contributed by atoms with E-state index in [4.69, 9.17) is 0 Å². The summed E-state index contributed by atoms with van der Waals surface area (Å²) in [5.74, 6) is 0.773. The van der Waals surface area contributed by atoms with Gasteiger partial charge in [0, 0.05) is 18.4 Å². The molecule has 2 aromatic rings. The van der Waals surface area contributed by atoms with E-state index in [9.17, 15) is 4.79 Å². The van der Waals surface area contributed by atoms with Gasteiger partial charge < -0.3 is 5.32 Å². The van der Waals surface area contributed by atoms with Crippen molar-refractivity contribution in [2.45, 2.75) is 36.9 Å². The van der Waals surface area contributed by atoms with Crippen LogP contribution in [0.5, 0.6) is 0 Å². The predicted octanol–water partition coefficient (Wildman–Crippen LogP) is 1.80. The minimum Gasteiger partial charge on any atom is -0.353 e. The van der Waals surface area contributed by atoms with Crippen molar-refractivity contribution in [2.24, 2.45) is 5.10 Å². The van der Waals surface area contributed by atoms with Gasteiger partial charge in [0.2, 0.25) is 17.0 Å². The molecule has 2 heterocycles. The van der Waals surface area contributed by atoms with Crippen LogP contribution < -0.4 is 10.7 Å². The second-order valence-electron chi connectivity index (χ2n) is 5.45. The summed E-state index contributed by atoms with van der Waals surface area (Å²) in [6.07, 6.45) is 9.62. The molecule has 126 valence electrons. The first-order valence-electron chi connectivity index (χ1n) is 7.83. The van der Waals surface area contributed by atoms with Crippen LogP contribution in [0.4, 0.5) is 5.95 Å². The number of amides is 1. The number of thioether (sulfide) groups is 1. The molecule has 0 aromatic carbocycles. The summed E-state index contributed by atoms with van der Waals surface area (Å²) in [7, 11) is 0. The van der Waals surface area contributed by atoms with Crippen LogP contribution in [-0.2, 0) is 4.79 Å². The van der Waals surface area contributed by atoms with Crippen molar-refractivity contribution >= 4 is 29.8 Å². The predicted molar refractivity (Wildman–Crippen MR) is 93.0 cm³/mol. The number of carbonyl (C=O) groups excluding carboxylic acids is 1. The Bertz CT molecular complexity index is 682. The second-order valence-corrected chi connectivity index (χ2v) is 6.40. The minimum atomic E-state index is 0.0296. The van der Waals surface area contributed by atoms with Crippen molar-refractivity contribution in [3.63, 3.8) is 0 Å². The largest absolute Gasteiger partial charge is 0.353 e. The lowest BCUT2D eigenvalue weighted by molar-refractivity contribution is -0.119. The van der Waals surface area contributed by atoms with Crippen molar-refractivity contribution in [1.29, 1.82) is 0 Å². The summed E-state index contributed by atoms with van der Waals surface area (Å²) in [4.78, 5) is 20.0. The van der Waals surface area contributed by atoms with Gasteiger partial charge in [0.25, 0.3) is 0 Å². The number of hydrazone groups is 1. The Kier molecular flexibility index (Phi) is 5.78. The molecule has 3 N–H and O–H groups in total. The van der Waals surface area contributed by atoms with Crippen LogP contribution in [0.15, 0.2) is 34.8 Å². The maximum atomic E-state index is 11.9. The first-order chi connectivity index (χ1) is 11.8. The van der Waals surface area contributed by atoms with Crippen molar-refractivity contribution in [1.82, 2.24) is 25.5 Å². The molecule has 2 aromatic heterocycles. The standard InChI is InChI=1S/C15H19N7OS/c23-13(18-12-3-1-2-4-12)10-24-15-19-14(21-22-15)20-17-9-11-5-7-16-8-6-11/h5-9,12H,1-4,10H2,(H,18,23)(H2,19,20,21,22)/b17-9-. The van der Waals surface area contributed by atoms with Gasteiger partial charge in [-0.1, -0.05) is 24.6 Å². The number of aromatic nitrogens is 4. The number of aromatic amines is 1. The molecule has 0 radical (unpaired) electrons. The molecule has 0 atom stereocenters. The highest BCUT2D eigenvalue weighted by atomic mass is 32.2. The molecular weight excluding hydrogens is 326 g/mol. The Hall–Kier alpha value is -2.42. The summed E-state index contributed by atoms with van der Waals surface area (Å²) in [6.45, 7) is 0. The van der Waals surface area contributed by atoms with Gasteiger partial charge in [0.1, 0.15) is 0 Å². The van der Waals surface area contributed by atoms with E-state index in [1.165, 1.54) is 24.6 Å². The van der Waals surface area contributed by atoms with Gasteiger partial charge >= 0.3 is 0 Å². The molecule has 0 unspecified atom stereocenters. The molecule has 0 spiro atoms. The van der Waals surface area contributed by atoms with Crippen LogP contribution in [0.3, 0.4) is 0 Å². The van der Waals surface area contributed by atoms with Gasteiger partial charge in [-0.2, -0.15) is 10.1 Å². The Labute approximate surface area is 143 Å². The highest BCUT2D eigenvalue weighted by molar-refractivity contribution is 7.99. The Morgan fingerprint density at radius 3 is 2.96 bits per heavy atom. The number of carbonyl (C=O) groups is 1. The molecule has 24 heavy (non-hydrogen) atoms. The van der Waals surface area contributed by atoms with Crippen LogP contribution in [-0.4, -0.2) is 44.1 Å². The van der Waals surface area contributed by atoms with E-state index in [0.717, 1.165) is 18.4 Å². The maximum Gasteiger partial charge on any atom is 0.240 e. The van der Waals surface area contributed by atoms with Gasteiger partial charge in [-0.3, -0.25) is 9.78 Å². The Morgan fingerprint density at radius 2 is 2.17 bits per heavy atom. The number of hydrogen-bond donors (Lipinski definition) is 3. The third kappa shape index (κ3) is 5.05. The Morgan fingerprint density at radius 1 is 1.38 bits per heavy atom. The number of nitrogens with one attached hydrogen (secondary N) is 3. The summed E-state index contributed by atoms with van der Waals surface area (Å²) >= 11 is 1.30. The van der Waals surface area contributed by atoms with E-state index < -0.39 is 0 Å². The summed E-state index contributed by atoms with van der Waals surface area (Å²) in [6, 6.07) is 4.02. The topological polar surface area (TPSA) is 108 Å². The molecule has 1 saturated carbocycles. The number of pyridine rings is 1. The molecular formula is C15H19N7OS. The molecule has 0 saturated heterocycles. The maximum absolute atomic E-state index is 11.9. The van der Waals surface area contributed by atoms with E-state index in [1.54, 1.807) is 18.6 Å². The van der Waals surface area contributed by atoms with E-state index in [1.807, 2.05) is 12.1 Å². The number of anilines is 1. The van der Waals surface area contributed by atoms with Crippen LogP contribution in [0.1, 0.15) is 31.2 Å². The molecule has 0 aliphatic heterocycles. The van der Waals surface area contributed by atoms with Gasteiger partial charge in [0.05, 0.1) is 12.0 Å². The van der Waals surface area contributed by atoms with Crippen molar-refractivity contribution in [3.05, 3.63) is 30.1 Å². The van der Waals surface area contributed by atoms with Crippen LogP contribution in [0.25, 0.3) is 0 Å². The zero-order valence-electron chi connectivity index (χ0n) is 13.1. The number of H-pyrrole nitrogens is 1. The lowest BCUT2D eigenvalue weighted by Gasteiger charge is -2.10. The van der Waals surface area contributed by atoms with Crippen LogP contribution in [0, 0.1) is 0 Å². The Balaban J connectivity index is 1.41. The SMILES string of the molecule is O=C(CSc1n[nH]c(N/N=C\c2ccncc2)n1)NC1CCCC1. The van der Waals surface area contributed by atoms with Gasteiger partial charge in [0.15, 0.2) is 0 Å². The molecule has 1 aliphatic rings. The molecule has 1 fully saturated rings. The minimum absolute atomic E-state index is 0.0296. The molecule has 0 bridgehead atoms. The summed E-state index contributed by atoms with van der Waals surface area (Å²) in [5.41, 5.74) is 3.69. The highest BCUT2D eigenvalue weighted by Crippen LogP contribution is 2.18. The number of rotatable bonds is 7. The molecule has 8 nitrogen and oxygen atoms in total. The normalized spacial score (nSPS) is 15.0. The van der Waals surface area contributed by atoms with Crippen molar-refractivity contribution in [2.75, 3.05) is 11.2 Å². The summed E-state index contributed by atoms with van der Waals surface area (Å²) in [5, 5.41) is 14.4. The van der Waals surface area contributed by atoms with E-state index in [-0.39, 0.29) is 5.91 Å². The average molecular weight is 345 g/mol. The molecule has 3 rings (SSSR count). The second kappa shape index (κ2) is 8.44. The third-order valence-electron chi connectivity index (χ3n) is 3.61. The fourth-order valence-corrected chi connectivity index (χ4v) is 3.06. The average Bonchev–Trinajstić information content (AvgIpc) is 3.26. The highest BCUT2D eigenvalue weighted by Gasteiger charge is 2.17. The van der Waals surface area contributed by atoms with Gasteiger partial charge in [-0.25, -0.2) is 10.5 Å². The monoisotopic (exact) mass is 345 g/mol. The first-order valence-corrected chi connectivity index (χ1v) is 8.82. The number of nitrogens with zero attached hydrogens (tertiary/aromatic N) is 4. The molecule has 1 aliphatic carbocycles. The van der Waals surface area contributed by atoms with Gasteiger partial charge in [-0.05, 0) is 30.5 Å². The lowest BCUT2D eigenvalue weighted by Crippen LogP contribution is -2.33. The fourth-order valence-electron chi connectivity index (χ4n) is 2.45. The van der Waals surface area contributed by atoms with Crippen molar-refractivity contribution in [3.8, 4) is 0 Å². The van der Waals surface area contributed by atoms with E-state index in [2.05, 4.69) is 36.0 Å². The zero-order chi connectivity index (χ0) is 16.6. The zero-order valence-corrected chi connectivity index (χ0v) is 13.9. The molecule has 1 amide bonds. The van der Waals surface area contributed by atoms with E-state index in [0.29, 0.717) is 22.9 Å². The van der Waals surface area contributed by atoms with E-state index >= 15 is 0 Å². The lowest BCUT2D eigenvalue weighted by atomic mass is 10.2. The van der Waals surface area contributed by atoms with Gasteiger partial charge in [-0.15, -0.1) is 5.10 Å².